The number of nitro benzene ring substituents is 1. The van der Waals surface area contributed by atoms with Crippen LogP contribution in [0.4, 0.5) is 11.4 Å². The number of hydrogen-bond acceptors (Lipinski definition) is 6. The number of benzene rings is 3. The van der Waals surface area contributed by atoms with Crippen LogP contribution in [-0.4, -0.2) is 24.0 Å². The van der Waals surface area contributed by atoms with Crippen LogP contribution in [0.15, 0.2) is 77.3 Å². The molecule has 168 valence electrons. The molecule has 0 aromatic heterocycles. The molecule has 9 heteroatoms. The Labute approximate surface area is 198 Å². The fourth-order valence-corrected chi connectivity index (χ4v) is 5.05. The van der Waals surface area contributed by atoms with Gasteiger partial charge < -0.3 is 9.64 Å². The van der Waals surface area contributed by atoms with E-state index >= 15 is 0 Å². The number of halogens is 1. The van der Waals surface area contributed by atoms with Gasteiger partial charge in [-0.3, -0.25) is 14.9 Å². The van der Waals surface area contributed by atoms with Crippen LogP contribution in [0.5, 0.6) is 5.75 Å². The topological polar surface area (TPSA) is 96.7 Å². The Morgan fingerprint density at radius 1 is 0.909 bits per heavy atom. The third-order valence-electron chi connectivity index (χ3n) is 6.34. The first-order valence-corrected chi connectivity index (χ1v) is 11.3. The predicted octanol–water partition coefficient (Wildman–Crippen LogP) is 4.29. The van der Waals surface area contributed by atoms with Crippen LogP contribution in [-0.2, 0) is 4.79 Å². The van der Waals surface area contributed by atoms with Crippen molar-refractivity contribution in [2.75, 3.05) is 12.0 Å². The van der Waals surface area contributed by atoms with E-state index in [-0.39, 0.29) is 29.6 Å². The second-order valence-electron chi connectivity index (χ2n) is 8.07. The van der Waals surface area contributed by atoms with Gasteiger partial charge in [-0.05, 0) is 47.5 Å². The highest BCUT2D eigenvalue weighted by atomic mass is 79.9. The molecule has 4 atom stereocenters. The Morgan fingerprint density at radius 3 is 2.12 bits per heavy atom. The Bertz CT molecular complexity index is 1180. The van der Waals surface area contributed by atoms with E-state index in [1.807, 2.05) is 48.5 Å². The zero-order valence-corrected chi connectivity index (χ0v) is 19.2. The van der Waals surface area contributed by atoms with Gasteiger partial charge in [0.05, 0.1) is 24.1 Å². The van der Waals surface area contributed by atoms with Crippen LogP contribution in [0.1, 0.15) is 23.2 Å². The zero-order chi connectivity index (χ0) is 23.1. The van der Waals surface area contributed by atoms with Gasteiger partial charge in [0.1, 0.15) is 11.8 Å². The lowest BCUT2D eigenvalue weighted by Gasteiger charge is -2.31. The summed E-state index contributed by atoms with van der Waals surface area (Å²) < 4.78 is 6.20. The molecule has 2 N–H and O–H groups in total. The molecule has 2 fully saturated rings. The van der Waals surface area contributed by atoms with Crippen molar-refractivity contribution in [3.05, 3.63) is 98.5 Å². The third kappa shape index (κ3) is 3.78. The Kier molecular flexibility index (Phi) is 5.61. The molecule has 8 nitrogen and oxygen atoms in total. The molecule has 4 unspecified atom stereocenters. The highest BCUT2D eigenvalue weighted by Gasteiger charge is 2.56. The van der Waals surface area contributed by atoms with E-state index in [1.54, 1.807) is 24.1 Å². The maximum atomic E-state index is 13.6. The smallest absolute Gasteiger partial charge is 0.269 e. The summed E-state index contributed by atoms with van der Waals surface area (Å²) in [6.07, 6.45) is 0. The number of carbonyl (C=O) groups is 1. The van der Waals surface area contributed by atoms with Gasteiger partial charge in [-0.1, -0.05) is 40.2 Å². The predicted molar refractivity (Wildman–Crippen MR) is 127 cm³/mol. The van der Waals surface area contributed by atoms with Crippen molar-refractivity contribution >= 4 is 33.2 Å². The second kappa shape index (κ2) is 8.58. The number of methoxy groups -OCH3 is 1. The number of hydrazine groups is 1. The van der Waals surface area contributed by atoms with Crippen molar-refractivity contribution in [1.82, 2.24) is 10.9 Å². The first kappa shape index (κ1) is 21.6. The van der Waals surface area contributed by atoms with Crippen LogP contribution in [0, 0.1) is 16.0 Å². The molecule has 3 aromatic rings. The van der Waals surface area contributed by atoms with Crippen LogP contribution in [0.3, 0.4) is 0 Å². The number of nitrogens with one attached hydrogen (secondary N) is 2. The van der Waals surface area contributed by atoms with Gasteiger partial charge in [-0.2, -0.15) is 0 Å². The van der Waals surface area contributed by atoms with E-state index in [1.165, 1.54) is 12.1 Å². The summed E-state index contributed by atoms with van der Waals surface area (Å²) in [5.41, 5.74) is 9.15. The standard InChI is InChI=1S/C24H21BrN4O4/c1-33-19-12-4-14(5-13-19)21-20-22(27-26-21)24(30)28(17-10-6-16(25)7-11-17)23(20)15-2-8-18(9-3-15)29(31)32/h2-13,20-23,26-27H,1H3. The van der Waals surface area contributed by atoms with Crippen molar-refractivity contribution in [1.29, 1.82) is 0 Å². The minimum atomic E-state index is -0.444. The molecule has 0 spiro atoms. The Balaban J connectivity index is 1.60. The van der Waals surface area contributed by atoms with Crippen molar-refractivity contribution in [3.8, 4) is 5.75 Å². The number of rotatable bonds is 5. The van der Waals surface area contributed by atoms with Gasteiger partial charge in [0.2, 0.25) is 5.91 Å². The van der Waals surface area contributed by atoms with E-state index in [9.17, 15) is 14.9 Å². The molecule has 2 aliphatic heterocycles. The molecule has 0 radical (unpaired) electrons. The number of ether oxygens (including phenoxy) is 1. The number of hydrogen-bond donors (Lipinski definition) is 2. The summed E-state index contributed by atoms with van der Waals surface area (Å²) in [6, 6.07) is 20.9. The molecule has 33 heavy (non-hydrogen) atoms. The fraction of sp³-hybridized carbons (Fsp3) is 0.208. The van der Waals surface area contributed by atoms with Gasteiger partial charge in [0.15, 0.2) is 0 Å². The summed E-state index contributed by atoms with van der Waals surface area (Å²) in [6.45, 7) is 0. The molecular weight excluding hydrogens is 488 g/mol. The number of carbonyl (C=O) groups excluding carboxylic acids is 1. The number of fused-ring (bicyclic) bond motifs is 1. The Morgan fingerprint density at radius 2 is 1.52 bits per heavy atom. The van der Waals surface area contributed by atoms with Crippen molar-refractivity contribution in [2.24, 2.45) is 5.92 Å². The monoisotopic (exact) mass is 508 g/mol. The van der Waals surface area contributed by atoms with Crippen LogP contribution in [0.2, 0.25) is 0 Å². The second-order valence-corrected chi connectivity index (χ2v) is 8.99. The van der Waals surface area contributed by atoms with Crippen molar-refractivity contribution < 1.29 is 14.5 Å². The van der Waals surface area contributed by atoms with Gasteiger partial charge >= 0.3 is 0 Å². The van der Waals surface area contributed by atoms with E-state index in [0.29, 0.717) is 0 Å². The first-order chi connectivity index (χ1) is 16.0. The molecule has 2 saturated heterocycles. The molecule has 3 aromatic carbocycles. The average molecular weight is 509 g/mol. The zero-order valence-electron chi connectivity index (χ0n) is 17.6. The lowest BCUT2D eigenvalue weighted by atomic mass is 9.83. The quantitative estimate of drug-likeness (QED) is 0.394. The fourth-order valence-electron chi connectivity index (χ4n) is 4.79. The molecule has 0 saturated carbocycles. The molecule has 2 aliphatic rings. The normalized spacial score (nSPS) is 24.1. The summed E-state index contributed by atoms with van der Waals surface area (Å²) in [4.78, 5) is 26.2. The molecule has 5 rings (SSSR count). The molecule has 1 amide bonds. The highest BCUT2D eigenvalue weighted by molar-refractivity contribution is 9.10. The summed E-state index contributed by atoms with van der Waals surface area (Å²) >= 11 is 3.45. The average Bonchev–Trinajstić information content (AvgIpc) is 3.39. The largest absolute Gasteiger partial charge is 0.497 e. The number of non-ortho nitro benzene ring substituents is 1. The third-order valence-corrected chi connectivity index (χ3v) is 6.86. The van der Waals surface area contributed by atoms with Crippen LogP contribution in [0.25, 0.3) is 0 Å². The van der Waals surface area contributed by atoms with E-state index in [4.69, 9.17) is 4.74 Å². The highest BCUT2D eigenvalue weighted by Crippen LogP contribution is 2.49. The van der Waals surface area contributed by atoms with E-state index < -0.39 is 11.0 Å². The SMILES string of the molecule is COc1ccc(C2NNC3C(=O)N(c4ccc(Br)cc4)C(c4ccc([N+](=O)[O-])cc4)C32)cc1. The van der Waals surface area contributed by atoms with E-state index in [0.717, 1.165) is 27.0 Å². The maximum Gasteiger partial charge on any atom is 0.269 e. The maximum absolute atomic E-state index is 13.6. The molecular formula is C24H21BrN4O4. The number of anilines is 1. The van der Waals surface area contributed by atoms with Crippen LogP contribution >= 0.6 is 15.9 Å². The number of nitro groups is 1. The molecule has 0 bridgehead atoms. The van der Waals surface area contributed by atoms with Gasteiger partial charge in [0.25, 0.3) is 5.69 Å². The van der Waals surface area contributed by atoms with Crippen molar-refractivity contribution in [2.45, 2.75) is 18.1 Å². The summed E-state index contributed by atoms with van der Waals surface area (Å²) in [7, 11) is 1.62. The number of nitrogens with zero attached hydrogens (tertiary/aromatic N) is 2. The van der Waals surface area contributed by atoms with E-state index in [2.05, 4.69) is 26.8 Å². The van der Waals surface area contributed by atoms with Crippen molar-refractivity contribution in [3.63, 3.8) is 0 Å². The lowest BCUT2D eigenvalue weighted by Crippen LogP contribution is -2.41. The minimum absolute atomic E-state index is 0.0178. The summed E-state index contributed by atoms with van der Waals surface area (Å²) in [5, 5.41) is 11.2. The first-order valence-electron chi connectivity index (χ1n) is 10.5. The molecule has 2 heterocycles. The van der Waals surface area contributed by atoms with Gasteiger partial charge in [-0.25, -0.2) is 10.9 Å². The van der Waals surface area contributed by atoms with Gasteiger partial charge in [-0.15, -0.1) is 0 Å². The van der Waals surface area contributed by atoms with Crippen LogP contribution < -0.4 is 20.5 Å². The molecule has 0 aliphatic carbocycles. The summed E-state index contributed by atoms with van der Waals surface area (Å²) in [5.74, 6) is 0.567. The number of amides is 1. The van der Waals surface area contributed by atoms with Gasteiger partial charge in [0, 0.05) is 28.2 Å². The minimum Gasteiger partial charge on any atom is -0.497 e. The lowest BCUT2D eigenvalue weighted by molar-refractivity contribution is -0.384. The Hall–Kier alpha value is -3.27.